The van der Waals surface area contributed by atoms with Gasteiger partial charge in [0.25, 0.3) is 0 Å². The zero-order valence-electron chi connectivity index (χ0n) is 13.2. The molecule has 5 nitrogen and oxygen atoms in total. The van der Waals surface area contributed by atoms with Crippen molar-refractivity contribution in [2.75, 3.05) is 6.61 Å². The van der Waals surface area contributed by atoms with Gasteiger partial charge in [0.15, 0.2) is 0 Å². The molecule has 0 spiro atoms. The summed E-state index contributed by atoms with van der Waals surface area (Å²) in [5.74, 6) is 0. The van der Waals surface area contributed by atoms with Crippen LogP contribution in [0.3, 0.4) is 0 Å². The summed E-state index contributed by atoms with van der Waals surface area (Å²) in [7, 11) is -2.46. The molecule has 116 valence electrons. The van der Waals surface area contributed by atoms with Crippen LogP contribution in [0.1, 0.15) is 41.5 Å². The van der Waals surface area contributed by atoms with Crippen molar-refractivity contribution in [2.24, 2.45) is 0 Å². The molecule has 1 fully saturated rings. The maximum Gasteiger partial charge on any atom is 0.349 e. The quantitative estimate of drug-likeness (QED) is 0.349. The predicted molar refractivity (Wildman–Crippen MR) is 77.5 cm³/mol. The molecule has 1 N–H and O–H groups in total. The van der Waals surface area contributed by atoms with E-state index in [-0.39, 0.29) is 22.3 Å². The van der Waals surface area contributed by atoms with Gasteiger partial charge in [-0.05, 0) is 6.08 Å². The zero-order chi connectivity index (χ0) is 15.2. The van der Waals surface area contributed by atoms with Crippen LogP contribution < -0.4 is 0 Å². The average Bonchev–Trinajstić information content (AvgIpc) is 2.34. The summed E-state index contributed by atoms with van der Waals surface area (Å²) in [4.78, 5) is 4.22. The summed E-state index contributed by atoms with van der Waals surface area (Å²) in [5, 5.41) is 8.60. The minimum atomic E-state index is -2.46. The van der Waals surface area contributed by atoms with Crippen molar-refractivity contribution < 1.29 is 23.7 Å². The molecular formula is C14H26O5Si. The maximum absolute atomic E-state index is 8.69. The summed E-state index contributed by atoms with van der Waals surface area (Å²) in [5.41, 5.74) is 0. The van der Waals surface area contributed by atoms with Crippen LogP contribution in [-0.4, -0.2) is 38.9 Å². The van der Waals surface area contributed by atoms with Gasteiger partial charge in [0.1, 0.15) is 6.10 Å². The lowest BCUT2D eigenvalue weighted by Crippen LogP contribution is -2.65. The molecule has 3 atom stereocenters. The molecule has 0 radical (unpaired) electrons. The number of rotatable bonds is 1. The van der Waals surface area contributed by atoms with Crippen molar-refractivity contribution in [2.45, 2.75) is 70.1 Å². The van der Waals surface area contributed by atoms with Gasteiger partial charge >= 0.3 is 8.56 Å². The van der Waals surface area contributed by atoms with Gasteiger partial charge in [0.2, 0.25) is 6.29 Å². The first-order valence-electron chi connectivity index (χ1n) is 7.06. The van der Waals surface area contributed by atoms with Crippen LogP contribution in [0.5, 0.6) is 0 Å². The Bertz CT molecular complexity index is 368. The molecule has 2 aliphatic rings. The average molecular weight is 302 g/mol. The third-order valence-electron chi connectivity index (χ3n) is 3.96. The molecule has 2 heterocycles. The zero-order valence-corrected chi connectivity index (χ0v) is 14.2. The van der Waals surface area contributed by atoms with Crippen molar-refractivity contribution in [3.05, 3.63) is 12.2 Å². The lowest BCUT2D eigenvalue weighted by molar-refractivity contribution is -0.347. The molecule has 0 bridgehead atoms. The molecule has 2 rings (SSSR count). The van der Waals surface area contributed by atoms with Crippen LogP contribution in [0.4, 0.5) is 0 Å². The molecule has 0 amide bonds. The molecule has 0 saturated carbocycles. The van der Waals surface area contributed by atoms with Gasteiger partial charge in [0, 0.05) is 10.1 Å². The van der Waals surface area contributed by atoms with Gasteiger partial charge in [-0.2, -0.15) is 0 Å². The van der Waals surface area contributed by atoms with E-state index in [9.17, 15) is 0 Å². The lowest BCUT2D eigenvalue weighted by Gasteiger charge is -2.54. The SMILES string of the molecule is CC(C)(C)[Si]1(C(C)(C)C)OC[C@H]2OC(OO)C=C[C@@H]2O1. The molecule has 0 aromatic carbocycles. The molecular weight excluding hydrogens is 276 g/mol. The third-order valence-corrected chi connectivity index (χ3v) is 9.09. The minimum Gasteiger partial charge on any atom is -0.391 e. The number of hydrogen-bond donors (Lipinski definition) is 1. The number of ether oxygens (including phenoxy) is 1. The van der Waals surface area contributed by atoms with Crippen molar-refractivity contribution in [3.8, 4) is 0 Å². The van der Waals surface area contributed by atoms with Crippen molar-refractivity contribution in [1.82, 2.24) is 0 Å². The normalized spacial score (nSPS) is 33.9. The Balaban J connectivity index is 2.28. The fraction of sp³-hybridized carbons (Fsp3) is 0.857. The number of fused-ring (bicyclic) bond motifs is 1. The van der Waals surface area contributed by atoms with Gasteiger partial charge < -0.3 is 13.6 Å². The van der Waals surface area contributed by atoms with E-state index in [0.29, 0.717) is 6.61 Å². The van der Waals surface area contributed by atoms with Crippen LogP contribution in [0, 0.1) is 0 Å². The van der Waals surface area contributed by atoms with Gasteiger partial charge in [-0.1, -0.05) is 47.6 Å². The van der Waals surface area contributed by atoms with E-state index in [1.165, 1.54) is 0 Å². The molecule has 0 aromatic rings. The molecule has 6 heteroatoms. The number of hydrogen-bond acceptors (Lipinski definition) is 5. The standard InChI is InChI=1S/C14H26O5Si/c1-13(2,3)20(14(4,5)6)16-9-11-10(19-20)7-8-12(17-11)18-15/h7-8,10-12,15H,9H2,1-6H3/t10-,11+,12?/m0/s1. The van der Waals surface area contributed by atoms with Crippen molar-refractivity contribution in [3.63, 3.8) is 0 Å². The lowest BCUT2D eigenvalue weighted by atomic mass is 10.1. The topological polar surface area (TPSA) is 57.2 Å². The van der Waals surface area contributed by atoms with Crippen LogP contribution in [-0.2, 0) is 18.5 Å². The van der Waals surface area contributed by atoms with Crippen LogP contribution in [0.2, 0.25) is 10.1 Å². The minimum absolute atomic E-state index is 0.0472. The van der Waals surface area contributed by atoms with E-state index in [2.05, 4.69) is 46.4 Å². The van der Waals surface area contributed by atoms with Crippen LogP contribution in [0.25, 0.3) is 0 Å². The Morgan fingerprint density at radius 2 is 1.70 bits per heavy atom. The summed E-state index contributed by atoms with van der Waals surface area (Å²) in [6, 6.07) is 0. The molecule has 2 aliphatic heterocycles. The van der Waals surface area contributed by atoms with E-state index < -0.39 is 14.9 Å². The molecule has 20 heavy (non-hydrogen) atoms. The van der Waals surface area contributed by atoms with Crippen LogP contribution in [0.15, 0.2) is 12.2 Å². The van der Waals surface area contributed by atoms with Gasteiger partial charge in [0.05, 0.1) is 12.7 Å². The first-order chi connectivity index (χ1) is 9.11. The Labute approximate surface area is 122 Å². The molecule has 0 aromatic heterocycles. The first kappa shape index (κ1) is 16.1. The third kappa shape index (κ3) is 2.60. The van der Waals surface area contributed by atoms with Gasteiger partial charge in [-0.3, -0.25) is 0 Å². The highest BCUT2D eigenvalue weighted by Gasteiger charge is 2.62. The van der Waals surface area contributed by atoms with E-state index in [1.807, 2.05) is 6.08 Å². The van der Waals surface area contributed by atoms with Crippen molar-refractivity contribution in [1.29, 1.82) is 0 Å². The highest BCUT2D eigenvalue weighted by Crippen LogP contribution is 2.54. The summed E-state index contributed by atoms with van der Waals surface area (Å²) >= 11 is 0. The second kappa shape index (κ2) is 5.19. The predicted octanol–water partition coefficient (Wildman–Crippen LogP) is 3.21. The van der Waals surface area contributed by atoms with E-state index in [4.69, 9.17) is 18.8 Å². The van der Waals surface area contributed by atoms with E-state index in [1.54, 1.807) is 6.08 Å². The Kier molecular flexibility index (Phi) is 4.19. The fourth-order valence-electron chi connectivity index (χ4n) is 3.27. The second-order valence-corrected chi connectivity index (χ2v) is 12.3. The van der Waals surface area contributed by atoms with Crippen molar-refractivity contribution >= 4 is 8.56 Å². The summed E-state index contributed by atoms with van der Waals surface area (Å²) in [6.45, 7) is 13.5. The van der Waals surface area contributed by atoms with Gasteiger partial charge in [-0.15, -0.1) is 0 Å². The fourth-order valence-corrected chi connectivity index (χ4v) is 8.17. The largest absolute Gasteiger partial charge is 0.391 e. The second-order valence-electron chi connectivity index (χ2n) is 7.54. The highest BCUT2D eigenvalue weighted by atomic mass is 28.4. The Morgan fingerprint density at radius 3 is 2.20 bits per heavy atom. The maximum atomic E-state index is 8.69. The Hall–Kier alpha value is -0.243. The smallest absolute Gasteiger partial charge is 0.349 e. The summed E-state index contributed by atoms with van der Waals surface area (Å²) in [6.07, 6.45) is 2.48. The summed E-state index contributed by atoms with van der Waals surface area (Å²) < 4.78 is 18.3. The van der Waals surface area contributed by atoms with E-state index in [0.717, 1.165) is 0 Å². The highest BCUT2D eigenvalue weighted by molar-refractivity contribution is 6.73. The molecule has 1 saturated heterocycles. The molecule has 0 aliphatic carbocycles. The van der Waals surface area contributed by atoms with Gasteiger partial charge in [-0.25, -0.2) is 10.1 Å². The first-order valence-corrected chi connectivity index (χ1v) is 8.88. The van der Waals surface area contributed by atoms with E-state index >= 15 is 0 Å². The molecule has 1 unspecified atom stereocenters. The Morgan fingerprint density at radius 1 is 1.10 bits per heavy atom. The monoisotopic (exact) mass is 302 g/mol. The van der Waals surface area contributed by atoms with Crippen LogP contribution >= 0.6 is 0 Å².